The van der Waals surface area contributed by atoms with Crippen molar-refractivity contribution in [3.05, 3.63) is 77.1 Å². The Labute approximate surface area is 193 Å². The quantitative estimate of drug-likeness (QED) is 0.219. The minimum atomic E-state index is -0.638. The van der Waals surface area contributed by atoms with E-state index in [2.05, 4.69) is 0 Å². The molecule has 0 radical (unpaired) electrons. The lowest BCUT2D eigenvalue weighted by Crippen LogP contribution is -2.27. The van der Waals surface area contributed by atoms with Gasteiger partial charge in [-0.3, -0.25) is 9.69 Å². The summed E-state index contributed by atoms with van der Waals surface area (Å²) in [5.41, 5.74) is 1.35. The van der Waals surface area contributed by atoms with E-state index in [1.807, 2.05) is 0 Å². The molecular weight excluding hydrogens is 450 g/mol. The Balaban J connectivity index is 1.56. The smallest absolute Gasteiger partial charge is 0.379 e. The van der Waals surface area contributed by atoms with Gasteiger partial charge in [-0.2, -0.15) is 0 Å². The van der Waals surface area contributed by atoms with Crippen LogP contribution in [-0.4, -0.2) is 30.4 Å². The molecule has 1 aliphatic heterocycles. The third-order valence-corrected chi connectivity index (χ3v) is 5.84. The van der Waals surface area contributed by atoms with Crippen LogP contribution in [0.15, 0.2) is 70.2 Å². The van der Waals surface area contributed by atoms with Gasteiger partial charge in [-0.15, -0.1) is 0 Å². The van der Waals surface area contributed by atoms with E-state index < -0.39 is 5.97 Å². The van der Waals surface area contributed by atoms with Crippen molar-refractivity contribution in [2.75, 3.05) is 19.1 Å². The maximum Gasteiger partial charge on any atom is 0.379 e. The van der Waals surface area contributed by atoms with Gasteiger partial charge in [-0.25, -0.2) is 4.79 Å². The highest BCUT2D eigenvalue weighted by Crippen LogP contribution is 2.37. The molecule has 162 valence electrons. The predicted molar refractivity (Wildman–Crippen MR) is 125 cm³/mol. The topological polar surface area (TPSA) is 78.2 Å². The number of rotatable bonds is 6. The van der Waals surface area contributed by atoms with Gasteiger partial charge in [0.05, 0.1) is 31.1 Å². The normalized spacial score (nSPS) is 14.7. The fourth-order valence-electron chi connectivity index (χ4n) is 2.98. The second kappa shape index (κ2) is 9.29. The number of benzene rings is 2. The zero-order chi connectivity index (χ0) is 22.7. The number of amides is 1. The molecule has 0 bridgehead atoms. The number of furan rings is 1. The molecule has 3 aromatic rings. The summed E-state index contributed by atoms with van der Waals surface area (Å²) in [5, 5.41) is 0. The van der Waals surface area contributed by atoms with E-state index >= 15 is 0 Å². The van der Waals surface area contributed by atoms with Crippen LogP contribution in [0.3, 0.4) is 0 Å². The Morgan fingerprint density at radius 1 is 1.06 bits per heavy atom. The maximum absolute atomic E-state index is 13.0. The Morgan fingerprint density at radius 2 is 1.84 bits per heavy atom. The van der Waals surface area contributed by atoms with E-state index in [1.165, 1.54) is 36.1 Å². The van der Waals surface area contributed by atoms with Crippen molar-refractivity contribution in [2.24, 2.45) is 0 Å². The Bertz CT molecular complexity index is 1200. The molecule has 4 rings (SSSR count). The number of nitrogens with zero attached hydrogens (tertiary/aromatic N) is 1. The summed E-state index contributed by atoms with van der Waals surface area (Å²) in [6, 6.07) is 15.2. The van der Waals surface area contributed by atoms with Crippen LogP contribution in [0, 0.1) is 0 Å². The van der Waals surface area contributed by atoms with Gasteiger partial charge in [0.2, 0.25) is 5.76 Å². The van der Waals surface area contributed by atoms with Crippen molar-refractivity contribution in [3.8, 4) is 17.2 Å². The molecule has 1 amide bonds. The van der Waals surface area contributed by atoms with Crippen molar-refractivity contribution in [2.45, 2.75) is 0 Å². The highest BCUT2D eigenvalue weighted by atomic mass is 32.2. The Morgan fingerprint density at radius 3 is 2.50 bits per heavy atom. The summed E-state index contributed by atoms with van der Waals surface area (Å²) in [6.45, 7) is 0. The van der Waals surface area contributed by atoms with E-state index in [9.17, 15) is 9.59 Å². The number of thiocarbonyl (C=S) groups is 1. The van der Waals surface area contributed by atoms with Gasteiger partial charge in [0.25, 0.3) is 5.91 Å². The van der Waals surface area contributed by atoms with Gasteiger partial charge in [0.1, 0.15) is 5.75 Å². The number of thioether (sulfide) groups is 1. The van der Waals surface area contributed by atoms with Crippen LogP contribution >= 0.6 is 24.0 Å². The number of carbonyl (C=O) groups excluding carboxylic acids is 2. The lowest BCUT2D eigenvalue weighted by molar-refractivity contribution is -0.113. The average Bonchev–Trinajstić information content (AvgIpc) is 3.43. The van der Waals surface area contributed by atoms with Crippen molar-refractivity contribution < 1.29 is 28.2 Å². The van der Waals surface area contributed by atoms with Gasteiger partial charge in [-0.1, -0.05) is 30.0 Å². The van der Waals surface area contributed by atoms with E-state index in [1.54, 1.807) is 61.7 Å². The van der Waals surface area contributed by atoms with Gasteiger partial charge >= 0.3 is 5.97 Å². The third-order valence-electron chi connectivity index (χ3n) is 4.53. The van der Waals surface area contributed by atoms with Crippen LogP contribution in [0.25, 0.3) is 6.08 Å². The Hall–Kier alpha value is -3.56. The maximum atomic E-state index is 13.0. The van der Waals surface area contributed by atoms with Gasteiger partial charge in [0.15, 0.2) is 15.8 Å². The monoisotopic (exact) mass is 467 g/mol. The van der Waals surface area contributed by atoms with E-state index in [4.69, 9.17) is 30.8 Å². The fourth-order valence-corrected chi connectivity index (χ4v) is 4.28. The van der Waals surface area contributed by atoms with Gasteiger partial charge in [-0.05, 0) is 60.2 Å². The minimum Gasteiger partial charge on any atom is -0.497 e. The highest BCUT2D eigenvalue weighted by Gasteiger charge is 2.33. The largest absolute Gasteiger partial charge is 0.497 e. The second-order valence-corrected chi connectivity index (χ2v) is 8.17. The fraction of sp³-hybridized carbons (Fsp3) is 0.0870. The first-order valence-corrected chi connectivity index (χ1v) is 10.6. The SMILES string of the molecule is COc1ccc(N2C(=O)/C(=C/c3ccc(OC(=O)c4ccco4)c(OC)c3)SC2=S)cc1. The molecule has 1 saturated heterocycles. The first-order chi connectivity index (χ1) is 15.5. The number of ether oxygens (including phenoxy) is 3. The average molecular weight is 468 g/mol. The van der Waals surface area contributed by atoms with Crippen molar-refractivity contribution >= 4 is 51.9 Å². The molecule has 9 heteroatoms. The van der Waals surface area contributed by atoms with Crippen LogP contribution in [0.4, 0.5) is 5.69 Å². The number of carbonyl (C=O) groups is 2. The van der Waals surface area contributed by atoms with Crippen LogP contribution < -0.4 is 19.1 Å². The second-order valence-electron chi connectivity index (χ2n) is 6.49. The summed E-state index contributed by atoms with van der Waals surface area (Å²) >= 11 is 6.62. The lowest BCUT2D eigenvalue weighted by Gasteiger charge is -2.14. The van der Waals surface area contributed by atoms with Crippen LogP contribution in [-0.2, 0) is 4.79 Å². The molecule has 0 saturated carbocycles. The summed E-state index contributed by atoms with van der Waals surface area (Å²) < 4.78 is 21.3. The molecule has 0 unspecified atom stereocenters. The van der Waals surface area contributed by atoms with Crippen LogP contribution in [0.1, 0.15) is 16.1 Å². The zero-order valence-corrected chi connectivity index (χ0v) is 18.7. The van der Waals surface area contributed by atoms with Crippen LogP contribution in [0.2, 0.25) is 0 Å². The molecule has 1 fully saturated rings. The number of esters is 1. The summed E-state index contributed by atoms with van der Waals surface area (Å²) in [6.07, 6.45) is 3.10. The highest BCUT2D eigenvalue weighted by molar-refractivity contribution is 8.27. The molecule has 32 heavy (non-hydrogen) atoms. The third kappa shape index (κ3) is 4.39. The van der Waals surface area contributed by atoms with Crippen molar-refractivity contribution in [1.82, 2.24) is 0 Å². The van der Waals surface area contributed by atoms with Gasteiger partial charge < -0.3 is 18.6 Å². The molecule has 0 aliphatic carbocycles. The molecule has 0 atom stereocenters. The van der Waals surface area contributed by atoms with E-state index in [0.29, 0.717) is 32.0 Å². The lowest BCUT2D eigenvalue weighted by atomic mass is 10.1. The molecule has 2 aromatic carbocycles. The first-order valence-electron chi connectivity index (χ1n) is 9.36. The Kier molecular flexibility index (Phi) is 6.29. The van der Waals surface area contributed by atoms with Crippen LogP contribution in [0.5, 0.6) is 17.2 Å². The summed E-state index contributed by atoms with van der Waals surface area (Å²) in [7, 11) is 3.04. The zero-order valence-electron chi connectivity index (χ0n) is 17.1. The van der Waals surface area contributed by atoms with Crippen molar-refractivity contribution in [3.63, 3.8) is 0 Å². The predicted octanol–water partition coefficient (Wildman–Crippen LogP) is 4.92. The molecule has 1 aliphatic rings. The molecule has 0 N–H and O–H groups in total. The number of hydrogen-bond donors (Lipinski definition) is 0. The standard InChI is InChI=1S/C23H17NO6S2/c1-27-16-8-6-15(7-9-16)24-21(25)20(32-23(24)31)13-14-5-10-17(19(12-14)28-2)30-22(26)18-4-3-11-29-18/h3-13H,1-2H3/b20-13-. The van der Waals surface area contributed by atoms with E-state index in [-0.39, 0.29) is 17.4 Å². The molecular formula is C23H17NO6S2. The molecule has 1 aromatic heterocycles. The number of anilines is 1. The first kappa shape index (κ1) is 21.7. The minimum absolute atomic E-state index is 0.0818. The van der Waals surface area contributed by atoms with Gasteiger partial charge in [0, 0.05) is 0 Å². The summed E-state index contributed by atoms with van der Waals surface area (Å²) in [4.78, 5) is 27.1. The molecule has 7 nitrogen and oxygen atoms in total. The molecule has 0 spiro atoms. The molecule has 2 heterocycles. The van der Waals surface area contributed by atoms with Crippen molar-refractivity contribution in [1.29, 1.82) is 0 Å². The number of methoxy groups -OCH3 is 2. The number of hydrogen-bond acceptors (Lipinski definition) is 8. The van der Waals surface area contributed by atoms with E-state index in [0.717, 1.165) is 0 Å². The summed E-state index contributed by atoms with van der Waals surface area (Å²) in [5.74, 6) is 0.480.